The predicted octanol–water partition coefficient (Wildman–Crippen LogP) is 2.27. The molecule has 0 aromatic carbocycles. The number of halogens is 1. The highest BCUT2D eigenvalue weighted by atomic mass is 19.1. The Morgan fingerprint density at radius 1 is 1.64 bits per heavy atom. The highest BCUT2D eigenvalue weighted by Crippen LogP contribution is 2.27. The molecule has 1 saturated heterocycles. The van der Waals surface area contributed by atoms with Gasteiger partial charge in [-0.25, -0.2) is 4.39 Å². The van der Waals surface area contributed by atoms with Crippen molar-refractivity contribution in [2.24, 2.45) is 0 Å². The lowest BCUT2D eigenvalue weighted by Gasteiger charge is -2.33. The van der Waals surface area contributed by atoms with E-state index in [0.717, 1.165) is 19.3 Å². The van der Waals surface area contributed by atoms with Crippen LogP contribution in [0.2, 0.25) is 0 Å². The fraction of sp³-hybridized carbons (Fsp3) is 1.00. The van der Waals surface area contributed by atoms with Gasteiger partial charge in [-0.2, -0.15) is 0 Å². The topological polar surface area (TPSA) is 12.0 Å². The van der Waals surface area contributed by atoms with Crippen molar-refractivity contribution in [2.45, 2.75) is 51.2 Å². The first-order valence-corrected chi connectivity index (χ1v) is 4.58. The molecule has 2 atom stereocenters. The van der Waals surface area contributed by atoms with Crippen LogP contribution in [-0.2, 0) is 0 Å². The molecule has 2 unspecified atom stereocenters. The number of piperidine rings is 1. The highest BCUT2D eigenvalue weighted by molar-refractivity contribution is 4.88. The lowest BCUT2D eigenvalue weighted by atomic mass is 9.89. The summed E-state index contributed by atoms with van der Waals surface area (Å²) in [5.41, 5.74) is -0.902. The molecular formula is C9H18FN. The van der Waals surface area contributed by atoms with Crippen LogP contribution < -0.4 is 5.32 Å². The zero-order chi connectivity index (χ0) is 8.32. The van der Waals surface area contributed by atoms with Crippen LogP contribution in [-0.4, -0.2) is 18.3 Å². The molecule has 2 heteroatoms. The Kier molecular flexibility index (Phi) is 2.88. The van der Waals surface area contributed by atoms with E-state index in [1.807, 2.05) is 6.92 Å². The van der Waals surface area contributed by atoms with Crippen molar-refractivity contribution in [3.63, 3.8) is 0 Å². The normalized spacial score (nSPS) is 39.0. The molecule has 0 amide bonds. The Morgan fingerprint density at radius 3 is 2.82 bits per heavy atom. The Morgan fingerprint density at radius 2 is 2.36 bits per heavy atom. The van der Waals surface area contributed by atoms with Crippen LogP contribution in [0.3, 0.4) is 0 Å². The van der Waals surface area contributed by atoms with E-state index in [9.17, 15) is 4.39 Å². The van der Waals surface area contributed by atoms with Gasteiger partial charge in [-0.3, -0.25) is 0 Å². The summed E-state index contributed by atoms with van der Waals surface area (Å²) in [6.45, 7) is 4.72. The summed E-state index contributed by atoms with van der Waals surface area (Å²) in [5, 5.41) is 3.18. The Hall–Kier alpha value is -0.110. The van der Waals surface area contributed by atoms with Crippen LogP contribution in [0.1, 0.15) is 39.5 Å². The van der Waals surface area contributed by atoms with Gasteiger partial charge in [-0.1, -0.05) is 13.3 Å². The molecule has 0 radical (unpaired) electrons. The first kappa shape index (κ1) is 8.98. The molecular weight excluding hydrogens is 141 g/mol. The van der Waals surface area contributed by atoms with Crippen molar-refractivity contribution < 1.29 is 4.39 Å². The van der Waals surface area contributed by atoms with Crippen molar-refractivity contribution in [2.75, 3.05) is 6.54 Å². The number of hydrogen-bond acceptors (Lipinski definition) is 1. The third kappa shape index (κ3) is 2.44. The lowest BCUT2D eigenvalue weighted by molar-refractivity contribution is 0.0963. The molecule has 11 heavy (non-hydrogen) atoms. The molecule has 1 rings (SSSR count). The fourth-order valence-corrected chi connectivity index (χ4v) is 1.68. The van der Waals surface area contributed by atoms with Gasteiger partial charge in [-0.05, 0) is 26.2 Å². The quantitative estimate of drug-likeness (QED) is 0.651. The van der Waals surface area contributed by atoms with E-state index in [4.69, 9.17) is 0 Å². The monoisotopic (exact) mass is 159 g/mol. The first-order valence-electron chi connectivity index (χ1n) is 4.58. The largest absolute Gasteiger partial charge is 0.311 e. The van der Waals surface area contributed by atoms with Crippen molar-refractivity contribution in [1.29, 1.82) is 0 Å². The minimum absolute atomic E-state index is 0.510. The van der Waals surface area contributed by atoms with Crippen LogP contribution in [0.5, 0.6) is 0 Å². The summed E-state index contributed by atoms with van der Waals surface area (Å²) in [6.07, 6.45) is 3.39. The van der Waals surface area contributed by atoms with Crippen molar-refractivity contribution in [3.8, 4) is 0 Å². The number of hydrogen-bond donors (Lipinski definition) is 1. The summed E-state index contributed by atoms with van der Waals surface area (Å²) in [7, 11) is 0. The van der Waals surface area contributed by atoms with Crippen LogP contribution in [0.25, 0.3) is 0 Å². The Labute approximate surface area is 68.4 Å². The second-order valence-corrected chi connectivity index (χ2v) is 3.72. The molecule has 1 nitrogen and oxygen atoms in total. The minimum atomic E-state index is -0.902. The summed E-state index contributed by atoms with van der Waals surface area (Å²) in [6, 6.07) is 0.510. The average molecular weight is 159 g/mol. The second-order valence-electron chi connectivity index (χ2n) is 3.72. The number of nitrogens with one attached hydrogen (secondary N) is 1. The first-order chi connectivity index (χ1) is 5.16. The third-order valence-electron chi connectivity index (χ3n) is 2.49. The van der Waals surface area contributed by atoms with Gasteiger partial charge in [0, 0.05) is 12.6 Å². The molecule has 1 N–H and O–H groups in total. The van der Waals surface area contributed by atoms with Crippen molar-refractivity contribution in [3.05, 3.63) is 0 Å². The molecule has 0 aromatic rings. The fourth-order valence-electron chi connectivity index (χ4n) is 1.68. The number of alkyl halides is 1. The highest BCUT2D eigenvalue weighted by Gasteiger charge is 2.32. The Balaban J connectivity index is 2.35. The third-order valence-corrected chi connectivity index (χ3v) is 2.49. The van der Waals surface area contributed by atoms with Crippen LogP contribution in [0.15, 0.2) is 0 Å². The summed E-state index contributed by atoms with van der Waals surface area (Å²) < 4.78 is 13.7. The molecule has 0 bridgehead atoms. The zero-order valence-electron chi connectivity index (χ0n) is 7.49. The molecule has 1 heterocycles. The van der Waals surface area contributed by atoms with Gasteiger partial charge in [0.05, 0.1) is 0 Å². The summed E-state index contributed by atoms with van der Waals surface area (Å²) in [5.74, 6) is 0. The lowest BCUT2D eigenvalue weighted by Crippen LogP contribution is -2.46. The van der Waals surface area contributed by atoms with Gasteiger partial charge in [0.1, 0.15) is 5.67 Å². The maximum atomic E-state index is 13.7. The van der Waals surface area contributed by atoms with Gasteiger partial charge in [0.25, 0.3) is 0 Å². The maximum absolute atomic E-state index is 13.7. The molecule has 0 spiro atoms. The van der Waals surface area contributed by atoms with Gasteiger partial charge in [-0.15, -0.1) is 0 Å². The second kappa shape index (κ2) is 3.53. The van der Waals surface area contributed by atoms with E-state index in [1.165, 1.54) is 0 Å². The summed E-state index contributed by atoms with van der Waals surface area (Å²) in [4.78, 5) is 0. The molecule has 0 aromatic heterocycles. The van der Waals surface area contributed by atoms with Gasteiger partial charge in [0.2, 0.25) is 0 Å². The van der Waals surface area contributed by atoms with E-state index in [1.54, 1.807) is 0 Å². The molecule has 1 fully saturated rings. The number of rotatable bonds is 2. The molecule has 0 aliphatic carbocycles. The molecule has 1 aliphatic rings. The van der Waals surface area contributed by atoms with Crippen molar-refractivity contribution in [1.82, 2.24) is 5.32 Å². The summed E-state index contributed by atoms with van der Waals surface area (Å²) >= 11 is 0. The van der Waals surface area contributed by atoms with Gasteiger partial charge >= 0.3 is 0 Å². The van der Waals surface area contributed by atoms with Gasteiger partial charge < -0.3 is 5.32 Å². The van der Waals surface area contributed by atoms with E-state index >= 15 is 0 Å². The van der Waals surface area contributed by atoms with E-state index in [2.05, 4.69) is 12.2 Å². The van der Waals surface area contributed by atoms with Crippen molar-refractivity contribution >= 4 is 0 Å². The standard InChI is InChI=1S/C9H18FN/c1-3-5-9(10)6-4-8(2)11-7-9/h8,11H,3-7H2,1-2H3. The smallest absolute Gasteiger partial charge is 0.123 e. The maximum Gasteiger partial charge on any atom is 0.123 e. The van der Waals surface area contributed by atoms with E-state index in [0.29, 0.717) is 19.0 Å². The molecule has 66 valence electrons. The van der Waals surface area contributed by atoms with Gasteiger partial charge in [0.15, 0.2) is 0 Å². The SMILES string of the molecule is CCCC1(F)CCC(C)NC1. The minimum Gasteiger partial charge on any atom is -0.311 e. The average Bonchev–Trinajstić information content (AvgIpc) is 1.97. The zero-order valence-corrected chi connectivity index (χ0v) is 7.49. The predicted molar refractivity (Wildman–Crippen MR) is 45.4 cm³/mol. The molecule has 0 saturated carbocycles. The molecule has 1 aliphatic heterocycles. The van der Waals surface area contributed by atoms with Crippen LogP contribution in [0, 0.1) is 0 Å². The van der Waals surface area contributed by atoms with E-state index in [-0.39, 0.29) is 0 Å². The van der Waals surface area contributed by atoms with Crippen LogP contribution in [0.4, 0.5) is 4.39 Å². The van der Waals surface area contributed by atoms with Crippen LogP contribution >= 0.6 is 0 Å². The Bertz CT molecular complexity index is 117. The van der Waals surface area contributed by atoms with E-state index < -0.39 is 5.67 Å².